The van der Waals surface area contributed by atoms with Crippen LogP contribution in [0.2, 0.25) is 0 Å². The molecule has 4 unspecified atom stereocenters. The molecule has 2 rings (SSSR count). The molecule has 6 atom stereocenters. The van der Waals surface area contributed by atoms with Crippen LogP contribution in [0.3, 0.4) is 0 Å². The lowest BCUT2D eigenvalue weighted by molar-refractivity contribution is 0.232. The van der Waals surface area contributed by atoms with E-state index in [2.05, 4.69) is 23.1 Å². The van der Waals surface area contributed by atoms with Crippen LogP contribution in [0.5, 0.6) is 0 Å². The Balaban J connectivity index is 1.86. The molecular weight excluding hydrogens is 235 g/mol. The molecule has 0 N–H and O–H groups in total. The molecular formula is C17H33P. The fourth-order valence-electron chi connectivity index (χ4n) is 4.24. The third kappa shape index (κ3) is 3.96. The molecule has 0 aromatic heterocycles. The van der Waals surface area contributed by atoms with E-state index in [9.17, 15) is 0 Å². The third-order valence-corrected chi connectivity index (χ3v) is 6.39. The fraction of sp³-hybridized carbons (Fsp3) is 1.00. The molecule has 2 saturated carbocycles. The van der Waals surface area contributed by atoms with Crippen LogP contribution in [0.1, 0.15) is 78.1 Å². The van der Waals surface area contributed by atoms with Gasteiger partial charge in [0.1, 0.15) is 0 Å². The molecule has 18 heavy (non-hydrogen) atoms. The normalized spacial score (nSPS) is 37.5. The minimum Gasteiger partial charge on any atom is -0.134 e. The maximum absolute atomic E-state index is 3.16. The van der Waals surface area contributed by atoms with Crippen LogP contribution in [0.4, 0.5) is 0 Å². The molecule has 2 aliphatic carbocycles. The molecule has 1 heteroatoms. The van der Waals surface area contributed by atoms with Gasteiger partial charge in [-0.15, -0.1) is 9.24 Å². The highest BCUT2D eigenvalue weighted by molar-refractivity contribution is 7.17. The molecule has 0 heterocycles. The largest absolute Gasteiger partial charge is 0.134 e. The van der Waals surface area contributed by atoms with E-state index in [0.717, 1.165) is 29.3 Å². The van der Waals surface area contributed by atoms with Gasteiger partial charge < -0.3 is 0 Å². The Hall–Kier alpha value is 0.430. The summed E-state index contributed by atoms with van der Waals surface area (Å²) in [7, 11) is 3.16. The van der Waals surface area contributed by atoms with Crippen LogP contribution in [0.25, 0.3) is 0 Å². The van der Waals surface area contributed by atoms with Gasteiger partial charge in [-0.05, 0) is 61.4 Å². The molecule has 0 amide bonds. The van der Waals surface area contributed by atoms with Crippen LogP contribution in [0, 0.1) is 23.7 Å². The van der Waals surface area contributed by atoms with Gasteiger partial charge >= 0.3 is 0 Å². The van der Waals surface area contributed by atoms with E-state index < -0.39 is 0 Å². The molecule has 0 nitrogen and oxygen atoms in total. The van der Waals surface area contributed by atoms with E-state index in [0.29, 0.717) is 0 Å². The average Bonchev–Trinajstić information content (AvgIpc) is 3.12. The van der Waals surface area contributed by atoms with Gasteiger partial charge in [0.2, 0.25) is 0 Å². The number of fused-ring (bicyclic) bond motifs is 1. The molecule has 0 saturated heterocycles. The minimum absolute atomic E-state index is 0.950. The highest BCUT2D eigenvalue weighted by Gasteiger charge is 2.42. The summed E-state index contributed by atoms with van der Waals surface area (Å²) in [4.78, 5) is 0. The van der Waals surface area contributed by atoms with Crippen molar-refractivity contribution in [2.24, 2.45) is 23.7 Å². The standard InChI is InChI=1S/C17H33P/c1-3-5-7-13(6-4-2)14-8-9-15-12-16(15)17(18)11-10-14/h13-17H,3-12,18H2,1-2H3/t13?,14?,15-,16?,17-/m1/s1. The van der Waals surface area contributed by atoms with E-state index in [1.807, 2.05) is 0 Å². The van der Waals surface area contributed by atoms with Crippen molar-refractivity contribution in [3.05, 3.63) is 0 Å². The van der Waals surface area contributed by atoms with Crippen molar-refractivity contribution < 1.29 is 0 Å². The lowest BCUT2D eigenvalue weighted by Gasteiger charge is -2.30. The van der Waals surface area contributed by atoms with Crippen molar-refractivity contribution in [3.8, 4) is 0 Å². The highest BCUT2D eigenvalue weighted by atomic mass is 31.0. The van der Waals surface area contributed by atoms with Gasteiger partial charge in [0.25, 0.3) is 0 Å². The Morgan fingerprint density at radius 1 is 1.00 bits per heavy atom. The Kier molecular flexibility index (Phi) is 5.99. The summed E-state index contributed by atoms with van der Waals surface area (Å²) in [5.41, 5.74) is 0.950. The second kappa shape index (κ2) is 7.28. The van der Waals surface area contributed by atoms with Gasteiger partial charge in [0.05, 0.1) is 0 Å². The molecule has 0 bridgehead atoms. The van der Waals surface area contributed by atoms with E-state index in [1.54, 1.807) is 19.3 Å². The van der Waals surface area contributed by atoms with Crippen LogP contribution in [0.15, 0.2) is 0 Å². The summed E-state index contributed by atoms with van der Waals surface area (Å²) in [6.45, 7) is 4.71. The first-order valence-corrected chi connectivity index (χ1v) is 9.18. The Bertz CT molecular complexity index is 238. The topological polar surface area (TPSA) is 0 Å². The molecule has 0 radical (unpaired) electrons. The van der Waals surface area contributed by atoms with Gasteiger partial charge in [-0.1, -0.05) is 46.0 Å². The maximum atomic E-state index is 3.16. The zero-order chi connectivity index (χ0) is 13.0. The van der Waals surface area contributed by atoms with Crippen molar-refractivity contribution in [2.45, 2.75) is 83.7 Å². The SMILES string of the molecule is CCCCC(CCC)C1CC[C@@H]2CC2[C@H](P)CC1. The van der Waals surface area contributed by atoms with Crippen molar-refractivity contribution in [3.63, 3.8) is 0 Å². The average molecular weight is 268 g/mol. The van der Waals surface area contributed by atoms with Crippen LogP contribution >= 0.6 is 9.24 Å². The van der Waals surface area contributed by atoms with Crippen LogP contribution in [-0.2, 0) is 0 Å². The molecule has 0 spiro atoms. The van der Waals surface area contributed by atoms with E-state index >= 15 is 0 Å². The van der Waals surface area contributed by atoms with Gasteiger partial charge in [0.15, 0.2) is 0 Å². The van der Waals surface area contributed by atoms with Crippen molar-refractivity contribution in [2.75, 3.05) is 0 Å². The summed E-state index contributed by atoms with van der Waals surface area (Å²) in [6, 6.07) is 0. The predicted molar refractivity (Wildman–Crippen MR) is 85.0 cm³/mol. The zero-order valence-corrected chi connectivity index (χ0v) is 13.7. The molecule has 0 aliphatic heterocycles. The Labute approximate surface area is 117 Å². The Morgan fingerprint density at radius 2 is 1.78 bits per heavy atom. The minimum atomic E-state index is 0.950. The smallest absolute Gasteiger partial charge is 0.0233 e. The molecule has 106 valence electrons. The molecule has 0 aromatic rings. The van der Waals surface area contributed by atoms with Crippen LogP contribution in [-0.4, -0.2) is 5.66 Å². The van der Waals surface area contributed by atoms with Gasteiger partial charge in [0, 0.05) is 0 Å². The first-order chi connectivity index (χ1) is 8.76. The summed E-state index contributed by atoms with van der Waals surface area (Å²) < 4.78 is 0. The monoisotopic (exact) mass is 268 g/mol. The second-order valence-electron chi connectivity index (χ2n) is 6.93. The number of rotatable bonds is 6. The van der Waals surface area contributed by atoms with Gasteiger partial charge in [-0.3, -0.25) is 0 Å². The Morgan fingerprint density at radius 3 is 2.50 bits per heavy atom. The van der Waals surface area contributed by atoms with Gasteiger partial charge in [-0.2, -0.15) is 0 Å². The second-order valence-corrected chi connectivity index (χ2v) is 7.79. The molecule has 2 fully saturated rings. The fourth-order valence-corrected chi connectivity index (χ4v) is 4.91. The zero-order valence-electron chi connectivity index (χ0n) is 12.5. The number of unbranched alkanes of at least 4 members (excludes halogenated alkanes) is 1. The summed E-state index contributed by atoms with van der Waals surface area (Å²) >= 11 is 0. The first-order valence-electron chi connectivity index (χ1n) is 8.51. The van der Waals surface area contributed by atoms with Crippen molar-refractivity contribution >= 4 is 9.24 Å². The predicted octanol–water partition coefficient (Wildman–Crippen LogP) is 5.66. The number of hydrogen-bond donors (Lipinski definition) is 0. The maximum Gasteiger partial charge on any atom is -0.0233 e. The van der Waals surface area contributed by atoms with Gasteiger partial charge in [-0.25, -0.2) is 0 Å². The van der Waals surface area contributed by atoms with E-state index in [1.165, 1.54) is 44.9 Å². The third-order valence-electron chi connectivity index (χ3n) is 5.56. The summed E-state index contributed by atoms with van der Waals surface area (Å²) in [5, 5.41) is 0. The van der Waals surface area contributed by atoms with Crippen molar-refractivity contribution in [1.29, 1.82) is 0 Å². The lowest BCUT2D eigenvalue weighted by atomic mass is 9.77. The van der Waals surface area contributed by atoms with Crippen LogP contribution < -0.4 is 0 Å². The molecule has 0 aromatic carbocycles. The molecule has 2 aliphatic rings. The quantitative estimate of drug-likeness (QED) is 0.545. The van der Waals surface area contributed by atoms with E-state index in [4.69, 9.17) is 0 Å². The first kappa shape index (κ1) is 14.8. The lowest BCUT2D eigenvalue weighted by Crippen LogP contribution is -2.19. The number of hydrogen-bond acceptors (Lipinski definition) is 0. The summed E-state index contributed by atoms with van der Waals surface area (Å²) in [6.07, 6.45) is 14.9. The van der Waals surface area contributed by atoms with Crippen molar-refractivity contribution in [1.82, 2.24) is 0 Å². The van der Waals surface area contributed by atoms with E-state index in [-0.39, 0.29) is 0 Å². The summed E-state index contributed by atoms with van der Waals surface area (Å²) in [5.74, 6) is 4.31. The highest BCUT2D eigenvalue weighted by Crippen LogP contribution is 2.51.